The van der Waals surface area contributed by atoms with Gasteiger partial charge in [0.05, 0.1) is 20.3 Å². The molecule has 33 heavy (non-hydrogen) atoms. The predicted octanol–water partition coefficient (Wildman–Crippen LogP) is 4.13. The van der Waals surface area contributed by atoms with Crippen molar-refractivity contribution in [1.29, 1.82) is 0 Å². The van der Waals surface area contributed by atoms with Gasteiger partial charge in [0.15, 0.2) is 11.5 Å². The number of halogens is 1. The van der Waals surface area contributed by atoms with Gasteiger partial charge in [-0.3, -0.25) is 0 Å². The Kier molecular flexibility index (Phi) is 8.87. The van der Waals surface area contributed by atoms with E-state index >= 15 is 0 Å². The zero-order chi connectivity index (χ0) is 23.8. The van der Waals surface area contributed by atoms with Crippen LogP contribution in [-0.4, -0.2) is 52.8 Å². The summed E-state index contributed by atoms with van der Waals surface area (Å²) in [6.45, 7) is 2.93. The van der Waals surface area contributed by atoms with Crippen molar-refractivity contribution < 1.29 is 27.4 Å². The maximum atomic E-state index is 13.7. The summed E-state index contributed by atoms with van der Waals surface area (Å²) < 4.78 is 51.0. The van der Waals surface area contributed by atoms with E-state index in [1.54, 1.807) is 31.2 Å². The lowest BCUT2D eigenvalue weighted by atomic mass is 10.2. The highest BCUT2D eigenvalue weighted by molar-refractivity contribution is 7.89. The SMILES string of the molecule is CC#CCOc1ccc(CN(CC2CCCO2)S(=O)(=O)c2cc(Cl)ccc2OC)cc1OC. The summed E-state index contributed by atoms with van der Waals surface area (Å²) in [7, 11) is -0.979. The van der Waals surface area contributed by atoms with E-state index in [9.17, 15) is 8.42 Å². The third-order valence-electron chi connectivity index (χ3n) is 5.24. The average molecular weight is 494 g/mol. The van der Waals surface area contributed by atoms with E-state index < -0.39 is 10.0 Å². The number of benzene rings is 2. The Labute approximate surface area is 200 Å². The van der Waals surface area contributed by atoms with Crippen LogP contribution in [0, 0.1) is 11.8 Å². The molecule has 1 unspecified atom stereocenters. The molecule has 1 fully saturated rings. The summed E-state index contributed by atoms with van der Waals surface area (Å²) in [5.74, 6) is 6.88. The minimum absolute atomic E-state index is 0.0144. The second-order valence-corrected chi connectivity index (χ2v) is 9.77. The number of hydrogen-bond acceptors (Lipinski definition) is 6. The number of sulfonamides is 1. The summed E-state index contributed by atoms with van der Waals surface area (Å²) in [4.78, 5) is 0.0144. The Morgan fingerprint density at radius 2 is 1.88 bits per heavy atom. The van der Waals surface area contributed by atoms with Crippen LogP contribution in [0.3, 0.4) is 0 Å². The highest BCUT2D eigenvalue weighted by Gasteiger charge is 2.32. The highest BCUT2D eigenvalue weighted by atomic mass is 35.5. The van der Waals surface area contributed by atoms with E-state index in [2.05, 4.69) is 11.8 Å². The first-order chi connectivity index (χ1) is 15.9. The smallest absolute Gasteiger partial charge is 0.247 e. The van der Waals surface area contributed by atoms with Crippen molar-refractivity contribution >= 4 is 21.6 Å². The minimum Gasteiger partial charge on any atom is -0.495 e. The quantitative estimate of drug-likeness (QED) is 0.463. The molecule has 0 saturated carbocycles. The number of nitrogens with zero attached hydrogens (tertiary/aromatic N) is 1. The third kappa shape index (κ3) is 6.33. The van der Waals surface area contributed by atoms with E-state index in [0.717, 1.165) is 18.4 Å². The van der Waals surface area contributed by atoms with Gasteiger partial charge in [0.25, 0.3) is 0 Å². The molecule has 178 valence electrons. The summed E-state index contributed by atoms with van der Waals surface area (Å²) in [6, 6.07) is 9.88. The van der Waals surface area contributed by atoms with Gasteiger partial charge in [-0.1, -0.05) is 23.6 Å². The molecule has 0 radical (unpaired) electrons. The van der Waals surface area contributed by atoms with E-state index in [-0.39, 0.29) is 36.4 Å². The summed E-state index contributed by atoms with van der Waals surface area (Å²) in [5, 5.41) is 0.310. The second kappa shape index (κ2) is 11.6. The molecule has 2 aromatic rings. The van der Waals surface area contributed by atoms with Gasteiger partial charge in [0.1, 0.15) is 17.3 Å². The normalized spacial score (nSPS) is 15.7. The van der Waals surface area contributed by atoms with Gasteiger partial charge in [-0.2, -0.15) is 4.31 Å². The predicted molar refractivity (Wildman–Crippen MR) is 127 cm³/mol. The molecule has 7 nitrogen and oxygen atoms in total. The lowest BCUT2D eigenvalue weighted by Gasteiger charge is -2.26. The van der Waals surface area contributed by atoms with E-state index in [0.29, 0.717) is 23.1 Å². The van der Waals surface area contributed by atoms with Crippen LogP contribution < -0.4 is 14.2 Å². The van der Waals surface area contributed by atoms with Gasteiger partial charge < -0.3 is 18.9 Å². The average Bonchev–Trinajstić information content (AvgIpc) is 3.32. The van der Waals surface area contributed by atoms with Crippen molar-refractivity contribution in [2.75, 3.05) is 34.0 Å². The molecule has 3 rings (SSSR count). The molecular formula is C24H28ClNO6S. The zero-order valence-corrected chi connectivity index (χ0v) is 20.5. The number of hydrogen-bond donors (Lipinski definition) is 0. The van der Waals surface area contributed by atoms with Gasteiger partial charge in [-0.05, 0) is 55.7 Å². The molecular weight excluding hydrogens is 466 g/mol. The Hall–Kier alpha value is -2.44. The topological polar surface area (TPSA) is 74.3 Å². The lowest BCUT2D eigenvalue weighted by molar-refractivity contribution is 0.0925. The molecule has 1 heterocycles. The van der Waals surface area contributed by atoms with Crippen LogP contribution in [0.1, 0.15) is 25.3 Å². The number of methoxy groups -OCH3 is 2. The van der Waals surface area contributed by atoms with Gasteiger partial charge in [0.2, 0.25) is 10.0 Å². The maximum Gasteiger partial charge on any atom is 0.247 e. The van der Waals surface area contributed by atoms with Gasteiger partial charge in [-0.25, -0.2) is 8.42 Å². The fourth-order valence-corrected chi connectivity index (χ4v) is 5.45. The summed E-state index contributed by atoms with van der Waals surface area (Å²) in [6.07, 6.45) is 1.52. The molecule has 0 aliphatic carbocycles. The Bertz CT molecular complexity index is 1120. The monoisotopic (exact) mass is 493 g/mol. The van der Waals surface area contributed by atoms with Crippen LogP contribution in [0.5, 0.6) is 17.2 Å². The molecule has 2 aromatic carbocycles. The molecule has 1 aliphatic heterocycles. The van der Waals surface area contributed by atoms with Crippen LogP contribution in [0.15, 0.2) is 41.3 Å². The Balaban J connectivity index is 1.94. The molecule has 0 spiro atoms. The molecule has 0 amide bonds. The molecule has 1 saturated heterocycles. The van der Waals surface area contributed by atoms with Crippen molar-refractivity contribution in [2.45, 2.75) is 37.3 Å². The van der Waals surface area contributed by atoms with Crippen molar-refractivity contribution in [2.24, 2.45) is 0 Å². The maximum absolute atomic E-state index is 13.7. The second-order valence-electron chi connectivity index (χ2n) is 7.43. The van der Waals surface area contributed by atoms with Crippen molar-refractivity contribution in [3.8, 4) is 29.1 Å². The zero-order valence-electron chi connectivity index (χ0n) is 19.0. The first-order valence-corrected chi connectivity index (χ1v) is 12.4. The standard InChI is InChI=1S/C24H28ClNO6S/c1-4-5-12-32-21-10-8-18(14-23(21)30-3)16-26(17-20-7-6-13-31-20)33(27,28)24-15-19(25)9-11-22(24)29-2/h8-11,14-15,20H,6-7,12-13,16-17H2,1-3H3. The van der Waals surface area contributed by atoms with Crippen molar-refractivity contribution in [1.82, 2.24) is 4.31 Å². The lowest BCUT2D eigenvalue weighted by Crippen LogP contribution is -2.37. The summed E-state index contributed by atoms with van der Waals surface area (Å²) in [5.41, 5.74) is 0.739. The van der Waals surface area contributed by atoms with Crippen molar-refractivity contribution in [3.05, 3.63) is 47.0 Å². The fraction of sp³-hybridized carbons (Fsp3) is 0.417. The summed E-state index contributed by atoms with van der Waals surface area (Å²) >= 11 is 6.12. The molecule has 0 N–H and O–H groups in total. The first kappa shape index (κ1) is 25.2. The molecule has 0 bridgehead atoms. The Morgan fingerprint density at radius 3 is 2.55 bits per heavy atom. The molecule has 1 atom stereocenters. The van der Waals surface area contributed by atoms with Gasteiger partial charge in [0, 0.05) is 24.7 Å². The van der Waals surface area contributed by atoms with E-state index in [1.165, 1.54) is 24.6 Å². The van der Waals surface area contributed by atoms with Crippen molar-refractivity contribution in [3.63, 3.8) is 0 Å². The van der Waals surface area contributed by atoms with Crippen LogP contribution in [-0.2, 0) is 21.3 Å². The highest BCUT2D eigenvalue weighted by Crippen LogP contribution is 2.33. The third-order valence-corrected chi connectivity index (χ3v) is 7.31. The van der Waals surface area contributed by atoms with Crippen LogP contribution in [0.25, 0.3) is 0 Å². The van der Waals surface area contributed by atoms with E-state index in [4.69, 9.17) is 30.5 Å². The van der Waals surface area contributed by atoms with Crippen LogP contribution in [0.2, 0.25) is 5.02 Å². The number of ether oxygens (including phenoxy) is 4. The molecule has 1 aliphatic rings. The van der Waals surface area contributed by atoms with Crippen LogP contribution >= 0.6 is 11.6 Å². The van der Waals surface area contributed by atoms with E-state index in [1.807, 2.05) is 6.07 Å². The van der Waals surface area contributed by atoms with Gasteiger partial charge >= 0.3 is 0 Å². The fourth-order valence-electron chi connectivity index (χ4n) is 3.57. The van der Waals surface area contributed by atoms with Crippen LogP contribution in [0.4, 0.5) is 0 Å². The Morgan fingerprint density at radius 1 is 1.12 bits per heavy atom. The number of rotatable bonds is 10. The van der Waals surface area contributed by atoms with Gasteiger partial charge in [-0.15, -0.1) is 5.92 Å². The molecule has 0 aromatic heterocycles. The minimum atomic E-state index is -3.95. The first-order valence-electron chi connectivity index (χ1n) is 10.5. The molecule has 9 heteroatoms. The largest absolute Gasteiger partial charge is 0.495 e.